The molecule has 2 saturated heterocycles. The van der Waals surface area contributed by atoms with E-state index in [1.54, 1.807) is 0 Å². The number of aliphatic hydroxyl groups excluding tert-OH is 4. The quantitative estimate of drug-likeness (QED) is 0.0666. The molecule has 9 N–H and O–H groups in total. The second kappa shape index (κ2) is 14.5. The normalized spacial score (nSPS) is 31.6. The number of nitrogens with zero attached hydrogens (tertiary/aromatic N) is 3. The molecule has 2 aliphatic heterocycles. The van der Waals surface area contributed by atoms with E-state index < -0.39 is 103 Å². The number of H-pyrrole nitrogens is 1. The summed E-state index contributed by atoms with van der Waals surface area (Å²) >= 11 is 0. The Bertz CT molecular complexity index is 1750. The van der Waals surface area contributed by atoms with Crippen LogP contribution < -0.4 is 22.4 Å². The number of aromatic nitrogens is 4. The molecule has 2 fully saturated rings. The Balaban J connectivity index is 1.31. The van der Waals surface area contributed by atoms with Gasteiger partial charge in [0.2, 0.25) is 0 Å². The lowest BCUT2D eigenvalue weighted by Gasteiger charge is -2.21. The summed E-state index contributed by atoms with van der Waals surface area (Å²) in [6.07, 6.45) is -11.8. The number of aromatic amines is 1. The lowest BCUT2D eigenvalue weighted by molar-refractivity contribution is -0.0548. The molecule has 28 heteroatoms. The van der Waals surface area contributed by atoms with Crippen LogP contribution in [-0.4, -0.2) is 111 Å². The van der Waals surface area contributed by atoms with Crippen molar-refractivity contribution < 1.29 is 80.8 Å². The molecular formula is C19H28N5O20P3. The van der Waals surface area contributed by atoms with Gasteiger partial charge in [-0.2, -0.15) is 13.6 Å². The van der Waals surface area contributed by atoms with Crippen LogP contribution in [0.1, 0.15) is 12.5 Å². The Hall–Kier alpha value is -2.51. The van der Waals surface area contributed by atoms with E-state index in [9.17, 15) is 63.2 Å². The van der Waals surface area contributed by atoms with Crippen LogP contribution in [-0.2, 0) is 45.7 Å². The smallest absolute Gasteiger partial charge is 0.387 e. The number of aliphatic hydroxyl groups is 4. The molecule has 2 aliphatic rings. The molecule has 0 aromatic carbocycles. The van der Waals surface area contributed by atoms with Gasteiger partial charge in [0.25, 0.3) is 5.56 Å². The third kappa shape index (κ3) is 9.14. The van der Waals surface area contributed by atoms with E-state index in [1.165, 1.54) is 13.2 Å². The molecule has 0 radical (unpaired) electrons. The van der Waals surface area contributed by atoms with Crippen LogP contribution in [0.15, 0.2) is 38.9 Å². The molecule has 47 heavy (non-hydrogen) atoms. The fourth-order valence-electron chi connectivity index (χ4n) is 4.25. The molecule has 25 nitrogen and oxygen atoms in total. The van der Waals surface area contributed by atoms with Gasteiger partial charge in [0.15, 0.2) is 18.3 Å². The summed E-state index contributed by atoms with van der Waals surface area (Å²) in [4.78, 5) is 75.1. The molecule has 0 bridgehead atoms. The van der Waals surface area contributed by atoms with Crippen LogP contribution >= 0.6 is 23.5 Å². The van der Waals surface area contributed by atoms with E-state index in [2.05, 4.69) is 33.0 Å². The highest BCUT2D eigenvalue weighted by Crippen LogP contribution is 2.67. The maximum atomic E-state index is 12.3. The highest BCUT2D eigenvalue weighted by atomic mass is 31.3. The first-order valence-electron chi connectivity index (χ1n) is 12.8. The van der Waals surface area contributed by atoms with Crippen LogP contribution in [0.25, 0.3) is 0 Å². The van der Waals surface area contributed by atoms with E-state index in [0.717, 1.165) is 23.0 Å². The van der Waals surface area contributed by atoms with Gasteiger partial charge < -0.3 is 44.6 Å². The van der Waals surface area contributed by atoms with Gasteiger partial charge in [0.1, 0.15) is 36.6 Å². The van der Waals surface area contributed by atoms with Gasteiger partial charge in [-0.1, -0.05) is 0 Å². The van der Waals surface area contributed by atoms with Crippen LogP contribution in [0.2, 0.25) is 0 Å². The summed E-state index contributed by atoms with van der Waals surface area (Å²) in [5.74, 6) is -0.00828. The minimum atomic E-state index is -5.99. The van der Waals surface area contributed by atoms with E-state index in [1.807, 2.05) is 4.98 Å². The van der Waals surface area contributed by atoms with Gasteiger partial charge in [0.05, 0.1) is 20.3 Å². The molecule has 0 saturated carbocycles. The number of hydrogen-bond donors (Lipinski definition) is 9. The summed E-state index contributed by atoms with van der Waals surface area (Å²) in [6, 6.07) is 2.15. The van der Waals surface area contributed by atoms with Crippen LogP contribution in [0, 0.1) is 0 Å². The Morgan fingerprint density at radius 3 is 1.77 bits per heavy atom. The average Bonchev–Trinajstić information content (AvgIpc) is 3.39. The zero-order valence-electron chi connectivity index (χ0n) is 23.5. The Morgan fingerprint density at radius 1 is 0.809 bits per heavy atom. The molecule has 4 heterocycles. The summed E-state index contributed by atoms with van der Waals surface area (Å²) in [5.41, 5.74) is -0.497. The van der Waals surface area contributed by atoms with Crippen molar-refractivity contribution in [1.29, 1.82) is 0 Å². The Labute approximate surface area is 260 Å². The SMILES string of the molecule is CONc1ccn([C@@H]2O[C@H](COP(=O)(O)OP(=O)(O)OP(=O)(O)OC[C@@H]3O[C@H](n4ccc(=O)[nH]c4=O)[C@@H](O)[C@H]3O)[C@@H](O)[C@H]2O)c(=O)n1. The van der Waals surface area contributed by atoms with Crippen LogP contribution in [0.4, 0.5) is 5.82 Å². The molecule has 0 aliphatic carbocycles. The predicted octanol–water partition coefficient (Wildman–Crippen LogP) is -3.63. The zero-order valence-corrected chi connectivity index (χ0v) is 26.1. The molecule has 2 aromatic rings. The number of hydrogen-bond acceptors (Lipinski definition) is 19. The number of ether oxygens (including phenoxy) is 2. The standard InChI is InChI=1S/C19H28N5O20P3/c1-38-22-10-2-4-23(18(30)20-10)16-14(28)12(26)8(41-16)6-39-45(32,33)43-47(36,37)44-46(34,35)40-7-9-13(27)15(29)17(42-9)24-5-3-11(25)21-19(24)31/h2-5,8-9,12-17,26-29H,6-7H2,1H3,(H,32,33)(H,34,35)(H,36,37)(H,20,22,30)(H,21,25,31)/t8-,9+,12-,13+,14-,15+,16-,17+/m1/s1. The number of anilines is 1. The first-order chi connectivity index (χ1) is 21.8. The first kappa shape index (κ1) is 37.3. The Morgan fingerprint density at radius 2 is 1.30 bits per heavy atom. The van der Waals surface area contributed by atoms with Gasteiger partial charge in [-0.05, 0) is 6.07 Å². The molecule has 0 amide bonds. The van der Waals surface area contributed by atoms with Crippen LogP contribution in [0.3, 0.4) is 0 Å². The molecule has 264 valence electrons. The summed E-state index contributed by atoms with van der Waals surface area (Å²) in [7, 11) is -16.1. The fraction of sp³-hybridized carbons (Fsp3) is 0.579. The van der Waals surface area contributed by atoms with E-state index >= 15 is 0 Å². The molecule has 2 aromatic heterocycles. The lowest BCUT2D eigenvalue weighted by atomic mass is 10.1. The van der Waals surface area contributed by atoms with Crippen molar-refractivity contribution in [3.8, 4) is 0 Å². The summed E-state index contributed by atoms with van der Waals surface area (Å²) in [6.45, 7) is -2.24. The summed E-state index contributed by atoms with van der Waals surface area (Å²) < 4.78 is 65.7. The molecule has 11 atom stereocenters. The van der Waals surface area contributed by atoms with E-state index in [4.69, 9.17) is 9.47 Å². The van der Waals surface area contributed by atoms with Crippen molar-refractivity contribution in [3.05, 3.63) is 55.8 Å². The van der Waals surface area contributed by atoms with Crippen molar-refractivity contribution in [2.45, 2.75) is 49.1 Å². The van der Waals surface area contributed by atoms with Gasteiger partial charge in [0, 0.05) is 18.5 Å². The van der Waals surface area contributed by atoms with Gasteiger partial charge in [-0.25, -0.2) is 28.8 Å². The van der Waals surface area contributed by atoms with Crippen molar-refractivity contribution >= 4 is 29.3 Å². The fourth-order valence-corrected chi connectivity index (χ4v) is 7.77. The van der Waals surface area contributed by atoms with Gasteiger partial charge in [-0.15, -0.1) is 0 Å². The highest BCUT2D eigenvalue weighted by molar-refractivity contribution is 7.66. The number of phosphoric ester groups is 2. The monoisotopic (exact) mass is 739 g/mol. The van der Waals surface area contributed by atoms with Gasteiger partial charge in [-0.3, -0.25) is 32.8 Å². The topological polar surface area (TPSA) is 359 Å². The largest absolute Gasteiger partial charge is 0.490 e. The van der Waals surface area contributed by atoms with Crippen molar-refractivity contribution in [1.82, 2.24) is 19.1 Å². The predicted molar refractivity (Wildman–Crippen MR) is 146 cm³/mol. The average molecular weight is 739 g/mol. The number of nitrogens with one attached hydrogen (secondary N) is 2. The second-order valence-electron chi connectivity index (χ2n) is 9.58. The minimum Gasteiger partial charge on any atom is -0.387 e. The van der Waals surface area contributed by atoms with E-state index in [0.29, 0.717) is 4.57 Å². The third-order valence-corrected chi connectivity index (χ3v) is 10.6. The molecular weight excluding hydrogens is 711 g/mol. The summed E-state index contributed by atoms with van der Waals surface area (Å²) in [5, 5.41) is 41.0. The van der Waals surface area contributed by atoms with Crippen molar-refractivity contribution in [3.63, 3.8) is 0 Å². The Kier molecular flexibility index (Phi) is 11.5. The van der Waals surface area contributed by atoms with Crippen molar-refractivity contribution in [2.24, 2.45) is 0 Å². The lowest BCUT2D eigenvalue weighted by Crippen LogP contribution is -2.37. The van der Waals surface area contributed by atoms with Gasteiger partial charge >= 0.3 is 34.8 Å². The number of rotatable bonds is 14. The maximum absolute atomic E-state index is 12.3. The maximum Gasteiger partial charge on any atom is 0.490 e. The van der Waals surface area contributed by atoms with E-state index in [-0.39, 0.29) is 5.82 Å². The second-order valence-corrected chi connectivity index (χ2v) is 14.2. The minimum absolute atomic E-state index is 0.00828. The molecule has 4 rings (SSSR count). The first-order valence-corrected chi connectivity index (χ1v) is 17.2. The molecule has 3 unspecified atom stereocenters. The van der Waals surface area contributed by atoms with Crippen LogP contribution in [0.5, 0.6) is 0 Å². The number of phosphoric acid groups is 3. The highest BCUT2D eigenvalue weighted by Gasteiger charge is 2.49. The zero-order chi connectivity index (χ0) is 34.9. The van der Waals surface area contributed by atoms with Crippen molar-refractivity contribution in [2.75, 3.05) is 25.8 Å². The third-order valence-electron chi connectivity index (χ3n) is 6.33. The molecule has 0 spiro atoms.